The number of fused-ring (bicyclic) bond motifs is 1. The average molecular weight is 1060 g/mol. The van der Waals surface area contributed by atoms with Crippen molar-refractivity contribution in [1.82, 2.24) is 30.2 Å². The van der Waals surface area contributed by atoms with Crippen LogP contribution in [0.15, 0.2) is 12.7 Å². The molecule has 10 atom stereocenters. The van der Waals surface area contributed by atoms with Crippen molar-refractivity contribution in [1.29, 1.82) is 0 Å². The third-order valence-electron chi connectivity index (χ3n) is 11.5. The first-order valence-corrected chi connectivity index (χ1v) is 28.6. The van der Waals surface area contributed by atoms with Gasteiger partial charge in [-0.1, -0.05) is 118 Å². The summed E-state index contributed by atoms with van der Waals surface area (Å²) in [5, 5.41) is 26.7. The van der Waals surface area contributed by atoms with Gasteiger partial charge in [-0.05, 0) is 23.7 Å². The maximum Gasteiger partial charge on any atom is 0.481 e. The number of phosphoric ester groups is 3. The molecule has 2 aromatic heterocycles. The summed E-state index contributed by atoms with van der Waals surface area (Å²) in [4.78, 5) is 88.9. The minimum Gasteiger partial charge on any atom is -0.386 e. The van der Waals surface area contributed by atoms with E-state index >= 15 is 0 Å². The first kappa shape index (κ1) is 60.9. The molecule has 3 heterocycles. The highest BCUT2D eigenvalue weighted by molar-refractivity contribution is 8.13. The van der Waals surface area contributed by atoms with Gasteiger partial charge in [0, 0.05) is 37.1 Å². The van der Waals surface area contributed by atoms with Gasteiger partial charge < -0.3 is 50.9 Å². The Morgan fingerprint density at radius 1 is 0.870 bits per heavy atom. The normalized spacial score (nSPS) is 21.4. The van der Waals surface area contributed by atoms with Crippen LogP contribution in [0.4, 0.5) is 5.82 Å². The van der Waals surface area contributed by atoms with E-state index in [1.165, 1.54) is 52.4 Å². The molecule has 0 spiro atoms. The first-order chi connectivity index (χ1) is 32.1. The van der Waals surface area contributed by atoms with Gasteiger partial charge in [-0.3, -0.25) is 32.5 Å². The van der Waals surface area contributed by atoms with Crippen molar-refractivity contribution in [3.05, 3.63) is 12.7 Å². The van der Waals surface area contributed by atoms with Crippen LogP contribution in [0, 0.1) is 29.1 Å². The quantitative estimate of drug-likeness (QED) is 0.0330. The lowest BCUT2D eigenvalue weighted by atomic mass is 9.87. The highest BCUT2D eigenvalue weighted by atomic mass is 32.2. The smallest absolute Gasteiger partial charge is 0.386 e. The van der Waals surface area contributed by atoms with Gasteiger partial charge in [0.15, 0.2) is 22.8 Å². The Labute approximate surface area is 407 Å². The number of phosphoric acid groups is 3. The number of aromatic nitrogens is 4. The number of hydrogen-bond donors (Lipinski definition) is 9. The minimum atomic E-state index is -5.58. The summed E-state index contributed by atoms with van der Waals surface area (Å²) >= 11 is 1.16. The summed E-state index contributed by atoms with van der Waals surface area (Å²) in [5.74, 6) is 1.45. The molecule has 0 aromatic carbocycles. The highest BCUT2D eigenvalue weighted by Gasteiger charge is 2.50. The minimum absolute atomic E-state index is 0.0332. The maximum atomic E-state index is 12.8. The number of anilines is 1. The molecule has 0 saturated carbocycles. The van der Waals surface area contributed by atoms with Crippen LogP contribution >= 0.6 is 35.2 Å². The van der Waals surface area contributed by atoms with Crippen LogP contribution in [-0.2, 0) is 50.7 Å². The Bertz CT molecular complexity index is 2100. The second kappa shape index (κ2) is 28.1. The van der Waals surface area contributed by atoms with Crippen molar-refractivity contribution in [3.63, 3.8) is 0 Å². The van der Waals surface area contributed by atoms with Crippen LogP contribution < -0.4 is 16.4 Å². The van der Waals surface area contributed by atoms with Crippen molar-refractivity contribution < 1.29 is 80.5 Å². The summed E-state index contributed by atoms with van der Waals surface area (Å²) in [7, 11) is -16.4. The lowest BCUT2D eigenvalue weighted by Crippen LogP contribution is -2.46. The number of amides is 2. The highest BCUT2D eigenvalue weighted by Crippen LogP contribution is 2.61. The largest absolute Gasteiger partial charge is 0.481 e. The summed E-state index contributed by atoms with van der Waals surface area (Å²) in [6.07, 6.45) is 4.52. The number of nitrogen functional groups attached to an aromatic ring is 1. The number of aliphatic hydroxyl groups excluding tert-OH is 2. The molecule has 2 aromatic rings. The molecule has 396 valence electrons. The Hall–Kier alpha value is -2.44. The lowest BCUT2D eigenvalue weighted by Gasteiger charge is -2.30. The number of carbonyl (C=O) groups excluding carboxylic acids is 3. The molecule has 1 aliphatic rings. The van der Waals surface area contributed by atoms with Crippen molar-refractivity contribution >= 4 is 69.1 Å². The number of carbonyl (C=O) groups is 3. The predicted molar refractivity (Wildman–Crippen MR) is 256 cm³/mol. The van der Waals surface area contributed by atoms with Gasteiger partial charge in [0.1, 0.15) is 36.3 Å². The van der Waals surface area contributed by atoms with E-state index < -0.39 is 84.6 Å². The summed E-state index contributed by atoms with van der Waals surface area (Å²) < 4.78 is 62.5. The van der Waals surface area contributed by atoms with Gasteiger partial charge in [0.05, 0.1) is 19.5 Å². The SMILES string of the molecule is CC(C)CCCC(C)CCCC(C)CCCC(C)CC(=O)SCCNC(=O)CCNC(=O)C(O)C(C)(C)COP(=O)(O)OP(=O)(O)OCC1OC(n2cnc3c(N)ncnc32)C(O)C1OP(=O)(O)O. The predicted octanol–water partition coefficient (Wildman–Crippen LogP) is 5.13. The van der Waals surface area contributed by atoms with E-state index in [9.17, 15) is 57.9 Å². The van der Waals surface area contributed by atoms with Crippen LogP contribution in [0.2, 0.25) is 0 Å². The number of nitrogens with one attached hydrogen (secondary N) is 2. The van der Waals surface area contributed by atoms with Crippen LogP contribution in [0.1, 0.15) is 125 Å². The van der Waals surface area contributed by atoms with Gasteiger partial charge in [0.25, 0.3) is 0 Å². The second-order valence-electron chi connectivity index (χ2n) is 19.0. The molecule has 10 N–H and O–H groups in total. The van der Waals surface area contributed by atoms with Crippen LogP contribution in [-0.4, -0.2) is 123 Å². The molecule has 0 bridgehead atoms. The number of rotatable bonds is 33. The zero-order valence-corrected chi connectivity index (χ0v) is 44.0. The van der Waals surface area contributed by atoms with Gasteiger partial charge in [-0.2, -0.15) is 4.31 Å². The molecule has 3 rings (SSSR count). The molecule has 10 unspecified atom stereocenters. The number of imidazole rings is 1. The Morgan fingerprint density at radius 2 is 1.46 bits per heavy atom. The van der Waals surface area contributed by atoms with E-state index in [1.807, 2.05) is 0 Å². The lowest BCUT2D eigenvalue weighted by molar-refractivity contribution is -0.137. The standard InChI is InChI=1S/C41H74N7O17P3S/c1-26(2)11-8-12-27(3)13-9-14-28(4)15-10-16-29(5)21-32(50)69-20-19-43-31(49)17-18-44-39(53)36(52)41(6,7)23-62-68(59,60)65-67(57,58)61-22-30-35(64-66(54,55)56)34(51)40(63-30)48-25-47-33-37(42)45-24-46-38(33)48/h24-30,34-36,40,51-52H,8-23H2,1-7H3,(H,43,49)(H,44,53)(H,57,58)(H,59,60)(H2,42,45,46)(H2,54,55,56). The number of ether oxygens (including phenoxy) is 1. The van der Waals surface area contributed by atoms with Crippen molar-refractivity contribution in [3.8, 4) is 0 Å². The van der Waals surface area contributed by atoms with E-state index in [-0.39, 0.29) is 47.5 Å². The summed E-state index contributed by atoms with van der Waals surface area (Å²) in [5.41, 5.74) is 4.29. The summed E-state index contributed by atoms with van der Waals surface area (Å²) in [6, 6.07) is 0. The number of nitrogens with two attached hydrogens (primary N) is 1. The number of nitrogens with zero attached hydrogens (tertiary/aromatic N) is 4. The van der Waals surface area contributed by atoms with Crippen LogP contribution in [0.25, 0.3) is 11.2 Å². The van der Waals surface area contributed by atoms with Crippen molar-refractivity contribution in [2.24, 2.45) is 29.1 Å². The maximum absolute atomic E-state index is 12.8. The Balaban J connectivity index is 1.33. The molecule has 24 nitrogen and oxygen atoms in total. The molecular formula is C41H74N7O17P3S. The van der Waals surface area contributed by atoms with E-state index in [2.05, 4.69) is 69.0 Å². The molecule has 1 aliphatic heterocycles. The topological polar surface area (TPSA) is 364 Å². The molecule has 69 heavy (non-hydrogen) atoms. The number of thioether (sulfide) groups is 1. The molecule has 1 fully saturated rings. The van der Waals surface area contributed by atoms with E-state index in [0.717, 1.165) is 60.1 Å². The van der Waals surface area contributed by atoms with Crippen LogP contribution in [0.5, 0.6) is 0 Å². The van der Waals surface area contributed by atoms with Gasteiger partial charge in [0.2, 0.25) is 11.8 Å². The second-order valence-corrected chi connectivity index (χ2v) is 24.4. The third-order valence-corrected chi connectivity index (χ3v) is 15.5. The zero-order valence-electron chi connectivity index (χ0n) is 40.5. The van der Waals surface area contributed by atoms with E-state index in [0.29, 0.717) is 18.1 Å². The summed E-state index contributed by atoms with van der Waals surface area (Å²) in [6.45, 7) is 11.9. The van der Waals surface area contributed by atoms with Crippen LogP contribution in [0.3, 0.4) is 0 Å². The molecule has 0 aliphatic carbocycles. The van der Waals surface area contributed by atoms with E-state index in [4.69, 9.17) is 19.5 Å². The van der Waals surface area contributed by atoms with Gasteiger partial charge in [-0.15, -0.1) is 0 Å². The van der Waals surface area contributed by atoms with Gasteiger partial charge >= 0.3 is 23.5 Å². The molecular weight excluding hydrogens is 987 g/mol. The van der Waals surface area contributed by atoms with E-state index in [1.54, 1.807) is 0 Å². The number of aliphatic hydroxyl groups is 2. The number of hydrogen-bond acceptors (Lipinski definition) is 18. The first-order valence-electron chi connectivity index (χ1n) is 23.1. The fraction of sp³-hybridized carbons (Fsp3) is 0.805. The average Bonchev–Trinajstić information content (AvgIpc) is 3.80. The Morgan fingerprint density at radius 3 is 2.07 bits per heavy atom. The van der Waals surface area contributed by atoms with Crippen molar-refractivity contribution in [2.75, 3.05) is 37.8 Å². The van der Waals surface area contributed by atoms with Crippen molar-refractivity contribution in [2.45, 2.75) is 150 Å². The Kier molecular flexibility index (Phi) is 24.8. The molecule has 1 saturated heterocycles. The third kappa shape index (κ3) is 22.1. The fourth-order valence-electron chi connectivity index (χ4n) is 7.53. The monoisotopic (exact) mass is 1060 g/mol. The zero-order chi connectivity index (χ0) is 51.7. The fourth-order valence-corrected chi connectivity index (χ4v) is 11.2. The van der Waals surface area contributed by atoms with Gasteiger partial charge in [-0.25, -0.2) is 28.6 Å². The molecule has 28 heteroatoms. The molecule has 2 amide bonds. The molecule has 0 radical (unpaired) electrons.